The minimum absolute atomic E-state index is 0.00722. The number of nitrogens with one attached hydrogen (secondary N) is 1. The Kier molecular flexibility index (Phi) is 5.20. The Morgan fingerprint density at radius 3 is 2.81 bits per heavy atom. The second-order valence-electron chi connectivity index (χ2n) is 6.19. The van der Waals surface area contributed by atoms with Crippen LogP contribution in [-0.2, 0) is 4.79 Å². The smallest absolute Gasteiger partial charge is 0.247 e. The largest absolute Gasteiger partial charge is 0.330 e. The van der Waals surface area contributed by atoms with Crippen molar-refractivity contribution < 1.29 is 4.79 Å². The first-order valence-electron chi connectivity index (χ1n) is 8.82. The summed E-state index contributed by atoms with van der Waals surface area (Å²) in [7, 11) is 0. The van der Waals surface area contributed by atoms with E-state index in [0.717, 1.165) is 35.8 Å². The molecule has 1 saturated heterocycles. The van der Waals surface area contributed by atoms with Crippen LogP contribution in [0.4, 0.5) is 10.9 Å². The molecule has 0 saturated carbocycles. The third-order valence-electron chi connectivity index (χ3n) is 4.45. The number of aromatic nitrogens is 3. The number of benzene rings is 1. The molecule has 2 aromatic heterocycles. The lowest BCUT2D eigenvalue weighted by atomic mass is 10.1. The van der Waals surface area contributed by atoms with E-state index in [1.165, 1.54) is 11.3 Å². The summed E-state index contributed by atoms with van der Waals surface area (Å²) in [5.41, 5.74) is 1.79. The predicted molar refractivity (Wildman–Crippen MR) is 107 cm³/mol. The number of hydrogen-bond acceptors (Lipinski definition) is 6. The minimum Gasteiger partial charge on any atom is -0.330 e. The second kappa shape index (κ2) is 8.09. The van der Waals surface area contributed by atoms with Crippen molar-refractivity contribution in [3.63, 3.8) is 0 Å². The summed E-state index contributed by atoms with van der Waals surface area (Å²) >= 11 is 1.50. The molecular formula is C20H19N5OS. The first-order chi connectivity index (χ1) is 13.3. The van der Waals surface area contributed by atoms with Crippen molar-refractivity contribution in [2.75, 3.05) is 11.9 Å². The number of rotatable bonds is 5. The van der Waals surface area contributed by atoms with Crippen LogP contribution in [0.3, 0.4) is 0 Å². The molecule has 1 amide bonds. The zero-order chi connectivity index (χ0) is 18.5. The Bertz CT molecular complexity index is 927. The molecule has 7 heteroatoms. The van der Waals surface area contributed by atoms with Crippen LogP contribution in [0.5, 0.6) is 0 Å². The maximum atomic E-state index is 12.8. The first kappa shape index (κ1) is 17.4. The summed E-state index contributed by atoms with van der Waals surface area (Å²) in [5, 5.41) is 5.89. The standard InChI is InChI=1S/C20H19N5OS/c26-17(9-8-15-5-2-1-3-6-15)25-13-4-7-16(25)18-19(22-11-10-21-18)24-20-23-12-14-27-20/h1-3,5-6,8-12,14,16H,4,7,13H2,(H,22,23,24)/b9-8+/t16-/m0/s1. The van der Waals surface area contributed by atoms with Crippen LogP contribution >= 0.6 is 11.3 Å². The SMILES string of the molecule is O=C(/C=C/c1ccccc1)N1CCC[C@H]1c1nccnc1Nc1nccs1. The molecule has 1 aliphatic heterocycles. The number of anilines is 2. The highest BCUT2D eigenvalue weighted by Gasteiger charge is 2.32. The van der Waals surface area contributed by atoms with Gasteiger partial charge in [0.05, 0.1) is 6.04 Å². The summed E-state index contributed by atoms with van der Waals surface area (Å²) in [5.74, 6) is 0.649. The molecule has 3 aromatic rings. The quantitative estimate of drug-likeness (QED) is 0.679. The van der Waals surface area contributed by atoms with Gasteiger partial charge in [-0.2, -0.15) is 0 Å². The third-order valence-corrected chi connectivity index (χ3v) is 5.14. The van der Waals surface area contributed by atoms with E-state index in [9.17, 15) is 4.79 Å². The number of nitrogens with zero attached hydrogens (tertiary/aromatic N) is 4. The van der Waals surface area contributed by atoms with Gasteiger partial charge in [0.25, 0.3) is 0 Å². The van der Waals surface area contributed by atoms with Crippen molar-refractivity contribution in [3.8, 4) is 0 Å². The normalized spacial score (nSPS) is 16.7. The summed E-state index contributed by atoms with van der Waals surface area (Å²) in [6.45, 7) is 0.718. The fourth-order valence-electron chi connectivity index (χ4n) is 3.22. The van der Waals surface area contributed by atoms with Crippen molar-refractivity contribution in [2.45, 2.75) is 18.9 Å². The van der Waals surface area contributed by atoms with Gasteiger partial charge < -0.3 is 10.2 Å². The average molecular weight is 377 g/mol. The molecule has 3 heterocycles. The monoisotopic (exact) mass is 377 g/mol. The zero-order valence-corrected chi connectivity index (χ0v) is 15.5. The number of hydrogen-bond donors (Lipinski definition) is 1. The Labute approximate surface area is 161 Å². The molecule has 0 unspecified atom stereocenters. The van der Waals surface area contributed by atoms with Gasteiger partial charge in [0.1, 0.15) is 5.69 Å². The average Bonchev–Trinajstić information content (AvgIpc) is 3.39. The molecule has 4 rings (SSSR count). The fourth-order valence-corrected chi connectivity index (χ4v) is 3.75. The molecule has 1 aromatic carbocycles. The second-order valence-corrected chi connectivity index (χ2v) is 7.08. The van der Waals surface area contributed by atoms with E-state index in [1.807, 2.05) is 46.7 Å². The molecule has 0 bridgehead atoms. The van der Waals surface area contributed by atoms with Gasteiger partial charge in [-0.25, -0.2) is 9.97 Å². The summed E-state index contributed by atoms with van der Waals surface area (Å²) in [6, 6.07) is 9.74. The van der Waals surface area contributed by atoms with Crippen molar-refractivity contribution in [1.29, 1.82) is 0 Å². The molecule has 0 aliphatic carbocycles. The lowest BCUT2D eigenvalue weighted by molar-refractivity contribution is -0.126. The van der Waals surface area contributed by atoms with Gasteiger partial charge in [0.2, 0.25) is 5.91 Å². The highest BCUT2D eigenvalue weighted by molar-refractivity contribution is 7.13. The van der Waals surface area contributed by atoms with Crippen molar-refractivity contribution in [1.82, 2.24) is 19.9 Å². The molecule has 1 atom stereocenters. The van der Waals surface area contributed by atoms with E-state index in [4.69, 9.17) is 0 Å². The molecule has 0 spiro atoms. The molecule has 1 N–H and O–H groups in total. The van der Waals surface area contributed by atoms with Gasteiger partial charge in [0, 0.05) is 36.6 Å². The van der Waals surface area contributed by atoms with Crippen molar-refractivity contribution in [3.05, 3.63) is 71.6 Å². The highest BCUT2D eigenvalue weighted by atomic mass is 32.1. The topological polar surface area (TPSA) is 71.0 Å². The van der Waals surface area contributed by atoms with Crippen LogP contribution in [0.1, 0.15) is 30.1 Å². The first-order valence-corrected chi connectivity index (χ1v) is 9.70. The molecule has 27 heavy (non-hydrogen) atoms. The zero-order valence-electron chi connectivity index (χ0n) is 14.7. The van der Waals surface area contributed by atoms with Crippen LogP contribution in [0, 0.1) is 0 Å². The number of amides is 1. The Balaban J connectivity index is 1.55. The molecular weight excluding hydrogens is 358 g/mol. The summed E-state index contributed by atoms with van der Waals surface area (Å²) < 4.78 is 0. The summed E-state index contributed by atoms with van der Waals surface area (Å²) in [6.07, 6.45) is 10.4. The molecule has 136 valence electrons. The van der Waals surface area contributed by atoms with Gasteiger partial charge in [-0.1, -0.05) is 30.3 Å². The molecule has 6 nitrogen and oxygen atoms in total. The molecule has 1 fully saturated rings. The van der Waals surface area contributed by atoms with E-state index in [1.54, 1.807) is 24.7 Å². The van der Waals surface area contributed by atoms with Gasteiger partial charge in [-0.05, 0) is 24.5 Å². The van der Waals surface area contributed by atoms with Crippen LogP contribution in [0.25, 0.3) is 6.08 Å². The number of carbonyl (C=O) groups is 1. The van der Waals surface area contributed by atoms with Crippen LogP contribution in [0.15, 0.2) is 60.4 Å². The van der Waals surface area contributed by atoms with E-state index < -0.39 is 0 Å². The maximum absolute atomic E-state index is 12.8. The van der Waals surface area contributed by atoms with Crippen LogP contribution in [0.2, 0.25) is 0 Å². The minimum atomic E-state index is -0.0888. The van der Waals surface area contributed by atoms with Gasteiger partial charge in [0.15, 0.2) is 10.9 Å². The van der Waals surface area contributed by atoms with Crippen molar-refractivity contribution >= 4 is 34.3 Å². The predicted octanol–water partition coefficient (Wildman–Crippen LogP) is 4.05. The Morgan fingerprint density at radius 2 is 2.00 bits per heavy atom. The number of carbonyl (C=O) groups excluding carboxylic acids is 1. The van der Waals surface area contributed by atoms with E-state index in [2.05, 4.69) is 20.3 Å². The Morgan fingerprint density at radius 1 is 1.15 bits per heavy atom. The maximum Gasteiger partial charge on any atom is 0.247 e. The van der Waals surface area contributed by atoms with E-state index in [-0.39, 0.29) is 11.9 Å². The number of likely N-dealkylation sites (tertiary alicyclic amines) is 1. The van der Waals surface area contributed by atoms with Crippen molar-refractivity contribution in [2.24, 2.45) is 0 Å². The Hall–Kier alpha value is -3.06. The highest BCUT2D eigenvalue weighted by Crippen LogP contribution is 2.35. The summed E-state index contributed by atoms with van der Waals surface area (Å²) in [4.78, 5) is 27.9. The fraction of sp³-hybridized carbons (Fsp3) is 0.200. The van der Waals surface area contributed by atoms with E-state index >= 15 is 0 Å². The van der Waals surface area contributed by atoms with Gasteiger partial charge >= 0.3 is 0 Å². The lowest BCUT2D eigenvalue weighted by Gasteiger charge is -2.24. The molecule has 0 radical (unpaired) electrons. The molecule has 1 aliphatic rings. The lowest BCUT2D eigenvalue weighted by Crippen LogP contribution is -2.30. The van der Waals surface area contributed by atoms with Crippen LogP contribution < -0.4 is 5.32 Å². The van der Waals surface area contributed by atoms with Crippen LogP contribution in [-0.4, -0.2) is 32.3 Å². The third kappa shape index (κ3) is 4.03. The van der Waals surface area contributed by atoms with Gasteiger partial charge in [-0.15, -0.1) is 11.3 Å². The van der Waals surface area contributed by atoms with Gasteiger partial charge in [-0.3, -0.25) is 9.78 Å². The van der Waals surface area contributed by atoms with E-state index in [0.29, 0.717) is 5.82 Å². The number of thiazole rings is 1.